The molecule has 20 heavy (non-hydrogen) atoms. The summed E-state index contributed by atoms with van der Waals surface area (Å²) >= 11 is 0. The van der Waals surface area contributed by atoms with Crippen LogP contribution in [0.5, 0.6) is 0 Å². The molecule has 1 rings (SSSR count). The van der Waals surface area contributed by atoms with E-state index < -0.39 is 17.1 Å². The summed E-state index contributed by atoms with van der Waals surface area (Å²) in [5.41, 5.74) is 2.60. The van der Waals surface area contributed by atoms with Crippen LogP contribution in [0.1, 0.15) is 18.0 Å². The van der Waals surface area contributed by atoms with Gasteiger partial charge in [-0.25, -0.2) is 4.79 Å². The quantitative estimate of drug-likeness (QED) is 0.341. The van der Waals surface area contributed by atoms with Gasteiger partial charge >= 0.3 is 6.09 Å². The van der Waals surface area contributed by atoms with Crippen LogP contribution in [0, 0.1) is 10.1 Å². The summed E-state index contributed by atoms with van der Waals surface area (Å²) in [7, 11) is 0. The maximum absolute atomic E-state index is 11.1. The molecule has 0 aromatic heterocycles. The van der Waals surface area contributed by atoms with Crippen LogP contribution >= 0.6 is 0 Å². The zero-order valence-electron chi connectivity index (χ0n) is 10.9. The number of hydroxylamine groups is 1. The highest BCUT2D eigenvalue weighted by atomic mass is 16.7. The maximum Gasteiger partial charge on any atom is 0.431 e. The normalized spacial score (nSPS) is 11.4. The predicted molar refractivity (Wildman–Crippen MR) is 71.4 cm³/mol. The fraction of sp³-hybridized carbons (Fsp3) is 0.308. The molecular formula is C13H16N2O5. The molecular weight excluding hydrogens is 264 g/mol. The monoisotopic (exact) mass is 280 g/mol. The second-order valence-corrected chi connectivity index (χ2v) is 3.84. The van der Waals surface area contributed by atoms with Crippen molar-refractivity contribution in [3.05, 3.63) is 58.7 Å². The van der Waals surface area contributed by atoms with Crippen molar-refractivity contribution in [3.63, 3.8) is 0 Å². The molecule has 1 amide bonds. The molecule has 0 saturated carbocycles. The van der Waals surface area contributed by atoms with Gasteiger partial charge in [0.25, 0.3) is 0 Å². The van der Waals surface area contributed by atoms with Gasteiger partial charge in [0.15, 0.2) is 0 Å². The van der Waals surface area contributed by atoms with E-state index in [1.165, 1.54) is 6.08 Å². The Hall–Kier alpha value is -2.41. The number of rotatable bonds is 8. The smallest absolute Gasteiger partial charge is 0.431 e. The van der Waals surface area contributed by atoms with E-state index in [-0.39, 0.29) is 19.6 Å². The molecule has 1 unspecified atom stereocenters. The summed E-state index contributed by atoms with van der Waals surface area (Å²) in [4.78, 5) is 26.4. The van der Waals surface area contributed by atoms with Crippen molar-refractivity contribution in [1.29, 1.82) is 0 Å². The van der Waals surface area contributed by atoms with Crippen LogP contribution < -0.4 is 5.48 Å². The van der Waals surface area contributed by atoms with E-state index in [1.54, 1.807) is 30.3 Å². The summed E-state index contributed by atoms with van der Waals surface area (Å²) in [6, 6.07) is 7.66. The third-order valence-electron chi connectivity index (χ3n) is 2.42. The van der Waals surface area contributed by atoms with Gasteiger partial charge in [0.2, 0.25) is 6.04 Å². The number of nitrogens with zero attached hydrogens (tertiary/aromatic N) is 1. The van der Waals surface area contributed by atoms with Crippen LogP contribution in [-0.2, 0) is 9.57 Å². The van der Waals surface area contributed by atoms with E-state index in [4.69, 9.17) is 4.74 Å². The average molecular weight is 280 g/mol. The molecule has 1 aromatic carbocycles. The largest absolute Gasteiger partial charge is 0.448 e. The SMILES string of the molecule is C=CCONC(=O)OCCC(c1ccccc1)[N+](=O)[O-]. The summed E-state index contributed by atoms with van der Waals surface area (Å²) in [5, 5.41) is 11.0. The van der Waals surface area contributed by atoms with Crippen LogP contribution in [0.2, 0.25) is 0 Å². The molecule has 108 valence electrons. The van der Waals surface area contributed by atoms with Crippen molar-refractivity contribution in [1.82, 2.24) is 5.48 Å². The number of benzene rings is 1. The Morgan fingerprint density at radius 3 is 2.75 bits per heavy atom. The number of carbonyl (C=O) groups is 1. The number of ether oxygens (including phenoxy) is 1. The highest BCUT2D eigenvalue weighted by Gasteiger charge is 2.22. The predicted octanol–water partition coefficient (Wildman–Crippen LogP) is 2.24. The highest BCUT2D eigenvalue weighted by Crippen LogP contribution is 2.19. The molecule has 1 N–H and O–H groups in total. The van der Waals surface area contributed by atoms with Crippen LogP contribution in [-0.4, -0.2) is 24.2 Å². The van der Waals surface area contributed by atoms with Crippen LogP contribution in [0.4, 0.5) is 4.79 Å². The summed E-state index contributed by atoms with van der Waals surface area (Å²) in [5.74, 6) is 0. The number of hydrogen-bond acceptors (Lipinski definition) is 5. The number of carbonyl (C=O) groups excluding carboxylic acids is 1. The van der Waals surface area contributed by atoms with Crippen molar-refractivity contribution < 1.29 is 19.3 Å². The van der Waals surface area contributed by atoms with Crippen molar-refractivity contribution in [3.8, 4) is 0 Å². The number of hydrogen-bond donors (Lipinski definition) is 1. The Morgan fingerprint density at radius 2 is 2.15 bits per heavy atom. The lowest BCUT2D eigenvalue weighted by Gasteiger charge is -2.10. The topological polar surface area (TPSA) is 90.7 Å². The van der Waals surface area contributed by atoms with E-state index >= 15 is 0 Å². The van der Waals surface area contributed by atoms with Gasteiger partial charge in [-0.2, -0.15) is 5.48 Å². The van der Waals surface area contributed by atoms with Crippen LogP contribution in [0.3, 0.4) is 0 Å². The summed E-state index contributed by atoms with van der Waals surface area (Å²) in [6.07, 6.45) is 0.756. The molecule has 0 spiro atoms. The van der Waals surface area contributed by atoms with Crippen molar-refractivity contribution >= 4 is 6.09 Å². The van der Waals surface area contributed by atoms with Crippen molar-refractivity contribution in [2.24, 2.45) is 0 Å². The average Bonchev–Trinajstić information content (AvgIpc) is 2.44. The van der Waals surface area contributed by atoms with Gasteiger partial charge in [-0.15, -0.1) is 6.58 Å². The summed E-state index contributed by atoms with van der Waals surface area (Å²) < 4.78 is 4.78. The summed E-state index contributed by atoms with van der Waals surface area (Å²) in [6.45, 7) is 3.47. The van der Waals surface area contributed by atoms with E-state index in [2.05, 4.69) is 11.4 Å². The van der Waals surface area contributed by atoms with Gasteiger partial charge in [-0.05, 0) is 0 Å². The Kier molecular flexibility index (Phi) is 6.77. The molecule has 0 saturated heterocycles. The number of nitrogens with one attached hydrogen (secondary N) is 1. The standard InChI is InChI=1S/C13H16N2O5/c1-2-9-20-14-13(16)19-10-8-12(15(17)18)11-6-4-3-5-7-11/h2-7,12H,1,8-10H2,(H,14,16). The first-order valence-electron chi connectivity index (χ1n) is 5.99. The highest BCUT2D eigenvalue weighted by molar-refractivity contribution is 5.65. The molecule has 0 fully saturated rings. The van der Waals surface area contributed by atoms with Crippen LogP contribution in [0.15, 0.2) is 43.0 Å². The Bertz CT molecular complexity index is 449. The van der Waals surface area contributed by atoms with Gasteiger partial charge in [0.1, 0.15) is 6.61 Å². The van der Waals surface area contributed by atoms with E-state index in [1.807, 2.05) is 5.48 Å². The van der Waals surface area contributed by atoms with Crippen LogP contribution in [0.25, 0.3) is 0 Å². The zero-order chi connectivity index (χ0) is 14.8. The molecule has 0 bridgehead atoms. The third-order valence-corrected chi connectivity index (χ3v) is 2.42. The Balaban J connectivity index is 2.39. The number of nitro groups is 1. The van der Waals surface area contributed by atoms with Gasteiger partial charge in [0.05, 0.1) is 13.0 Å². The molecule has 0 aliphatic carbocycles. The first kappa shape index (κ1) is 15.6. The van der Waals surface area contributed by atoms with Gasteiger partial charge in [-0.3, -0.25) is 15.0 Å². The van der Waals surface area contributed by atoms with Gasteiger partial charge in [0, 0.05) is 10.5 Å². The zero-order valence-corrected chi connectivity index (χ0v) is 10.9. The molecule has 0 aliphatic rings. The lowest BCUT2D eigenvalue weighted by Crippen LogP contribution is -2.26. The molecule has 0 radical (unpaired) electrons. The first-order chi connectivity index (χ1) is 9.65. The van der Waals surface area contributed by atoms with Gasteiger partial charge < -0.3 is 4.74 Å². The fourth-order valence-corrected chi connectivity index (χ4v) is 1.52. The van der Waals surface area contributed by atoms with Gasteiger partial charge in [-0.1, -0.05) is 36.4 Å². The van der Waals surface area contributed by atoms with E-state index in [9.17, 15) is 14.9 Å². The minimum Gasteiger partial charge on any atom is -0.448 e. The molecule has 7 heteroatoms. The van der Waals surface area contributed by atoms with Crippen molar-refractivity contribution in [2.75, 3.05) is 13.2 Å². The maximum atomic E-state index is 11.1. The minimum absolute atomic E-state index is 0.0795. The molecule has 7 nitrogen and oxygen atoms in total. The lowest BCUT2D eigenvalue weighted by molar-refractivity contribution is -0.530. The molecule has 1 aromatic rings. The molecule has 0 heterocycles. The second kappa shape index (κ2) is 8.65. The fourth-order valence-electron chi connectivity index (χ4n) is 1.52. The second-order valence-electron chi connectivity index (χ2n) is 3.84. The molecule has 0 aliphatic heterocycles. The van der Waals surface area contributed by atoms with E-state index in [0.29, 0.717) is 5.56 Å². The Labute approximate surface area is 116 Å². The van der Waals surface area contributed by atoms with E-state index in [0.717, 1.165) is 0 Å². The third kappa shape index (κ3) is 5.49. The van der Waals surface area contributed by atoms with Crippen molar-refractivity contribution in [2.45, 2.75) is 12.5 Å². The number of amides is 1. The molecule has 1 atom stereocenters. The first-order valence-corrected chi connectivity index (χ1v) is 5.99. The lowest BCUT2D eigenvalue weighted by atomic mass is 10.1. The Morgan fingerprint density at radius 1 is 1.45 bits per heavy atom. The minimum atomic E-state index is -0.905.